The van der Waals surface area contributed by atoms with Crippen LogP contribution in [0.3, 0.4) is 0 Å². The minimum absolute atomic E-state index is 0.543. The summed E-state index contributed by atoms with van der Waals surface area (Å²) >= 11 is 0. The average molecular weight is 258 g/mol. The summed E-state index contributed by atoms with van der Waals surface area (Å²) in [5.41, 5.74) is 2.84. The number of fused-ring (bicyclic) bond motifs is 1. The summed E-state index contributed by atoms with van der Waals surface area (Å²) in [5, 5.41) is 3.80. The standard InChI is InChI=1S/C17H26N2/c1-3-9-19-17(15-11-18-10-8-12(15)2)16-13-6-4-5-7-14(13)16/h8,10-11,13-14,16-17,19H,3-7,9H2,1-2H3. The van der Waals surface area contributed by atoms with Crippen LogP contribution >= 0.6 is 0 Å². The maximum Gasteiger partial charge on any atom is 0.0372 e. The predicted octanol–water partition coefficient (Wildman–Crippen LogP) is 3.87. The van der Waals surface area contributed by atoms with Crippen molar-refractivity contribution in [2.24, 2.45) is 17.8 Å². The van der Waals surface area contributed by atoms with E-state index in [-0.39, 0.29) is 0 Å². The van der Waals surface area contributed by atoms with Gasteiger partial charge in [0.2, 0.25) is 0 Å². The molecule has 2 heteroatoms. The van der Waals surface area contributed by atoms with Crippen LogP contribution in [0.2, 0.25) is 0 Å². The van der Waals surface area contributed by atoms with Gasteiger partial charge in [0.05, 0.1) is 0 Å². The number of pyridine rings is 1. The molecule has 1 aromatic rings. The smallest absolute Gasteiger partial charge is 0.0372 e. The van der Waals surface area contributed by atoms with Crippen molar-refractivity contribution in [3.05, 3.63) is 29.6 Å². The summed E-state index contributed by atoms with van der Waals surface area (Å²) in [6.07, 6.45) is 11.0. The highest BCUT2D eigenvalue weighted by Crippen LogP contribution is 2.60. The van der Waals surface area contributed by atoms with Crippen LogP contribution in [0.15, 0.2) is 18.5 Å². The van der Waals surface area contributed by atoms with Crippen LogP contribution in [0.4, 0.5) is 0 Å². The Morgan fingerprint density at radius 1 is 1.32 bits per heavy atom. The van der Waals surface area contributed by atoms with Crippen molar-refractivity contribution >= 4 is 0 Å². The van der Waals surface area contributed by atoms with E-state index in [2.05, 4.69) is 36.4 Å². The number of hydrogen-bond acceptors (Lipinski definition) is 2. The molecule has 2 aliphatic rings. The Bertz CT molecular complexity index is 417. The Labute approximate surface area is 117 Å². The van der Waals surface area contributed by atoms with Crippen LogP contribution in [0.5, 0.6) is 0 Å². The first kappa shape index (κ1) is 13.1. The molecule has 1 aromatic heterocycles. The monoisotopic (exact) mass is 258 g/mol. The van der Waals surface area contributed by atoms with E-state index in [1.165, 1.54) is 43.2 Å². The van der Waals surface area contributed by atoms with Crippen LogP contribution in [0.1, 0.15) is 56.2 Å². The molecule has 0 bridgehead atoms. The molecule has 3 unspecified atom stereocenters. The molecule has 0 saturated heterocycles. The van der Waals surface area contributed by atoms with E-state index in [9.17, 15) is 0 Å². The fraction of sp³-hybridized carbons (Fsp3) is 0.706. The van der Waals surface area contributed by atoms with Gasteiger partial charge in [0.1, 0.15) is 0 Å². The molecule has 104 valence electrons. The SMILES string of the molecule is CCCNC(c1cnccc1C)C1C2CCCCC21. The maximum atomic E-state index is 4.36. The van der Waals surface area contributed by atoms with Crippen molar-refractivity contribution in [2.75, 3.05) is 6.54 Å². The summed E-state index contributed by atoms with van der Waals surface area (Å²) in [5.74, 6) is 2.85. The van der Waals surface area contributed by atoms with Gasteiger partial charge in [-0.2, -0.15) is 0 Å². The Morgan fingerprint density at radius 3 is 2.68 bits per heavy atom. The highest BCUT2D eigenvalue weighted by Gasteiger charge is 2.54. The molecule has 1 N–H and O–H groups in total. The topological polar surface area (TPSA) is 24.9 Å². The Morgan fingerprint density at radius 2 is 2.05 bits per heavy atom. The number of aromatic nitrogens is 1. The Kier molecular flexibility index (Phi) is 3.88. The van der Waals surface area contributed by atoms with Crippen molar-refractivity contribution in [1.29, 1.82) is 0 Å². The lowest BCUT2D eigenvalue weighted by atomic mass is 9.97. The first-order chi connectivity index (χ1) is 9.33. The minimum atomic E-state index is 0.543. The minimum Gasteiger partial charge on any atom is -0.310 e. The van der Waals surface area contributed by atoms with Gasteiger partial charge in [-0.05, 0) is 67.7 Å². The van der Waals surface area contributed by atoms with E-state index in [1.54, 1.807) is 0 Å². The normalized spacial score (nSPS) is 30.7. The average Bonchev–Trinajstić information content (AvgIpc) is 3.16. The summed E-state index contributed by atoms with van der Waals surface area (Å²) in [6, 6.07) is 2.70. The number of nitrogens with one attached hydrogen (secondary N) is 1. The third kappa shape index (κ3) is 2.55. The molecule has 0 amide bonds. The zero-order valence-corrected chi connectivity index (χ0v) is 12.2. The molecule has 2 aliphatic carbocycles. The lowest BCUT2D eigenvalue weighted by molar-refractivity contribution is 0.443. The lowest BCUT2D eigenvalue weighted by Crippen LogP contribution is -2.25. The molecular formula is C17H26N2. The number of nitrogens with zero attached hydrogens (tertiary/aromatic N) is 1. The van der Waals surface area contributed by atoms with E-state index in [1.807, 2.05) is 6.20 Å². The van der Waals surface area contributed by atoms with Crippen molar-refractivity contribution in [2.45, 2.75) is 52.0 Å². The van der Waals surface area contributed by atoms with Gasteiger partial charge in [0, 0.05) is 18.4 Å². The molecule has 0 aromatic carbocycles. The maximum absolute atomic E-state index is 4.36. The van der Waals surface area contributed by atoms with Gasteiger partial charge < -0.3 is 5.32 Å². The molecule has 19 heavy (non-hydrogen) atoms. The van der Waals surface area contributed by atoms with Crippen molar-refractivity contribution in [3.63, 3.8) is 0 Å². The first-order valence-corrected chi connectivity index (χ1v) is 7.96. The molecule has 2 fully saturated rings. The molecule has 1 heterocycles. The largest absolute Gasteiger partial charge is 0.310 e. The Balaban J connectivity index is 1.80. The fourth-order valence-corrected chi connectivity index (χ4v) is 4.10. The molecular weight excluding hydrogens is 232 g/mol. The summed E-state index contributed by atoms with van der Waals surface area (Å²) in [7, 11) is 0. The van der Waals surface area contributed by atoms with E-state index >= 15 is 0 Å². The molecule has 2 nitrogen and oxygen atoms in total. The zero-order valence-electron chi connectivity index (χ0n) is 12.2. The van der Waals surface area contributed by atoms with Crippen LogP contribution in [0.25, 0.3) is 0 Å². The van der Waals surface area contributed by atoms with Crippen LogP contribution in [-0.4, -0.2) is 11.5 Å². The van der Waals surface area contributed by atoms with E-state index in [0.29, 0.717) is 6.04 Å². The highest BCUT2D eigenvalue weighted by molar-refractivity contribution is 5.28. The third-order valence-corrected chi connectivity index (χ3v) is 5.14. The molecule has 3 rings (SSSR count). The van der Waals surface area contributed by atoms with Gasteiger partial charge in [-0.15, -0.1) is 0 Å². The third-order valence-electron chi connectivity index (χ3n) is 5.14. The molecule has 0 radical (unpaired) electrons. The highest BCUT2D eigenvalue weighted by atomic mass is 14.9. The molecule has 0 spiro atoms. The molecule has 3 atom stereocenters. The van der Waals surface area contributed by atoms with Crippen molar-refractivity contribution < 1.29 is 0 Å². The zero-order chi connectivity index (χ0) is 13.2. The second-order valence-electron chi connectivity index (χ2n) is 6.35. The second kappa shape index (κ2) is 5.62. The van der Waals surface area contributed by atoms with E-state index < -0.39 is 0 Å². The summed E-state index contributed by atoms with van der Waals surface area (Å²) in [6.45, 7) is 5.60. The van der Waals surface area contributed by atoms with Crippen molar-refractivity contribution in [1.82, 2.24) is 10.3 Å². The van der Waals surface area contributed by atoms with Gasteiger partial charge in [0.15, 0.2) is 0 Å². The van der Waals surface area contributed by atoms with Gasteiger partial charge in [0.25, 0.3) is 0 Å². The molecule has 2 saturated carbocycles. The van der Waals surface area contributed by atoms with Gasteiger partial charge >= 0.3 is 0 Å². The Hall–Kier alpha value is -0.890. The first-order valence-electron chi connectivity index (χ1n) is 7.96. The van der Waals surface area contributed by atoms with Crippen molar-refractivity contribution in [3.8, 4) is 0 Å². The van der Waals surface area contributed by atoms with Gasteiger partial charge in [-0.25, -0.2) is 0 Å². The van der Waals surface area contributed by atoms with Crippen LogP contribution < -0.4 is 5.32 Å². The number of aryl methyl sites for hydroxylation is 1. The number of hydrogen-bond donors (Lipinski definition) is 1. The summed E-state index contributed by atoms with van der Waals surface area (Å²) in [4.78, 5) is 4.36. The summed E-state index contributed by atoms with van der Waals surface area (Å²) < 4.78 is 0. The van der Waals surface area contributed by atoms with Gasteiger partial charge in [-0.3, -0.25) is 4.98 Å². The quantitative estimate of drug-likeness (QED) is 0.867. The van der Waals surface area contributed by atoms with E-state index in [4.69, 9.17) is 0 Å². The van der Waals surface area contributed by atoms with Gasteiger partial charge in [-0.1, -0.05) is 19.8 Å². The number of rotatable bonds is 5. The molecule has 0 aliphatic heterocycles. The predicted molar refractivity (Wildman–Crippen MR) is 78.9 cm³/mol. The fourth-order valence-electron chi connectivity index (χ4n) is 4.10. The second-order valence-corrected chi connectivity index (χ2v) is 6.35. The lowest BCUT2D eigenvalue weighted by Gasteiger charge is -2.21. The van der Waals surface area contributed by atoms with Crippen LogP contribution in [0, 0.1) is 24.7 Å². The van der Waals surface area contributed by atoms with E-state index in [0.717, 1.165) is 24.3 Å². The van der Waals surface area contributed by atoms with Crippen LogP contribution in [-0.2, 0) is 0 Å².